The molecule has 0 aliphatic heterocycles. The van der Waals surface area contributed by atoms with Crippen molar-refractivity contribution in [3.63, 3.8) is 0 Å². The van der Waals surface area contributed by atoms with Crippen molar-refractivity contribution in [2.45, 2.75) is 32.4 Å². The lowest BCUT2D eigenvalue weighted by atomic mass is 10.3. The van der Waals surface area contributed by atoms with E-state index >= 15 is 0 Å². The Morgan fingerprint density at radius 2 is 2.36 bits per heavy atom. The van der Waals surface area contributed by atoms with Crippen molar-refractivity contribution in [2.24, 2.45) is 5.92 Å². The van der Waals surface area contributed by atoms with Gasteiger partial charge in [-0.1, -0.05) is 0 Å². The highest BCUT2D eigenvalue weighted by Crippen LogP contribution is 2.48. The van der Waals surface area contributed by atoms with Crippen LogP contribution in [-0.4, -0.2) is 29.6 Å². The fourth-order valence-corrected chi connectivity index (χ4v) is 2.58. The Balaban J connectivity index is 1.93. The molecule has 1 rings (SSSR count). The van der Waals surface area contributed by atoms with Crippen LogP contribution in [0, 0.1) is 5.92 Å². The van der Waals surface area contributed by atoms with E-state index in [4.69, 9.17) is 0 Å². The van der Waals surface area contributed by atoms with Gasteiger partial charge in [0.1, 0.15) is 5.67 Å². The van der Waals surface area contributed by atoms with E-state index in [1.807, 2.05) is 6.92 Å². The molecular weight excluding hydrogens is 201 g/mol. The number of carbonyl (C=O) groups is 1. The van der Waals surface area contributed by atoms with Gasteiger partial charge in [0.25, 0.3) is 0 Å². The first-order valence-corrected chi connectivity index (χ1v) is 6.25. The predicted octanol–water partition coefficient (Wildman–Crippen LogP) is 1.99. The van der Waals surface area contributed by atoms with Crippen LogP contribution in [-0.2, 0) is 4.79 Å². The van der Waals surface area contributed by atoms with Crippen LogP contribution in [0.2, 0.25) is 0 Å². The number of rotatable bonds is 6. The molecule has 0 bridgehead atoms. The average Bonchev–Trinajstić information content (AvgIpc) is 2.69. The fraction of sp³-hybridized carbons (Fsp3) is 0.900. The molecular formula is C10H18FNOS. The van der Waals surface area contributed by atoms with Crippen LogP contribution in [0.4, 0.5) is 4.39 Å². The first-order chi connectivity index (χ1) is 6.56. The molecule has 0 saturated heterocycles. The third kappa shape index (κ3) is 3.86. The molecule has 1 saturated carbocycles. The smallest absolute Gasteiger partial charge is 0.220 e. The zero-order chi connectivity index (χ0) is 10.6. The highest BCUT2D eigenvalue weighted by atomic mass is 32.2. The number of carbonyl (C=O) groups excluding carboxylic acids is 1. The van der Waals surface area contributed by atoms with Gasteiger partial charge in [0, 0.05) is 24.6 Å². The van der Waals surface area contributed by atoms with Crippen molar-refractivity contribution < 1.29 is 9.18 Å². The molecule has 0 radical (unpaired) electrons. The van der Waals surface area contributed by atoms with Gasteiger partial charge in [-0.2, -0.15) is 11.8 Å². The van der Waals surface area contributed by atoms with Gasteiger partial charge in [0.2, 0.25) is 5.91 Å². The molecule has 14 heavy (non-hydrogen) atoms. The molecule has 0 aromatic heterocycles. The van der Waals surface area contributed by atoms with Crippen LogP contribution in [0.15, 0.2) is 0 Å². The molecule has 1 aliphatic carbocycles. The van der Waals surface area contributed by atoms with E-state index in [9.17, 15) is 9.18 Å². The van der Waals surface area contributed by atoms with Gasteiger partial charge in [0.05, 0.1) is 0 Å². The summed E-state index contributed by atoms with van der Waals surface area (Å²) in [6, 6.07) is 0. The standard InChI is InChI=1S/C10H18FNOS/c1-3-12-9(13)4-5-14-7-8-6-10(8,2)11/h8H,3-7H2,1-2H3,(H,12,13). The quantitative estimate of drug-likeness (QED) is 0.692. The molecule has 2 nitrogen and oxygen atoms in total. The molecule has 82 valence electrons. The summed E-state index contributed by atoms with van der Waals surface area (Å²) in [6.45, 7) is 4.25. The molecule has 2 atom stereocenters. The first-order valence-electron chi connectivity index (χ1n) is 5.09. The van der Waals surface area contributed by atoms with Crippen molar-refractivity contribution in [3.05, 3.63) is 0 Å². The molecule has 0 spiro atoms. The summed E-state index contributed by atoms with van der Waals surface area (Å²) in [6.07, 6.45) is 1.25. The van der Waals surface area contributed by atoms with Crippen LogP contribution in [0.25, 0.3) is 0 Å². The second kappa shape index (κ2) is 5.01. The van der Waals surface area contributed by atoms with E-state index in [-0.39, 0.29) is 11.8 Å². The summed E-state index contributed by atoms with van der Waals surface area (Å²) in [5, 5.41) is 2.74. The third-order valence-electron chi connectivity index (χ3n) is 2.50. The fourth-order valence-electron chi connectivity index (χ4n) is 1.33. The molecule has 0 heterocycles. The second-order valence-electron chi connectivity index (χ2n) is 3.96. The molecule has 0 aromatic rings. The Labute approximate surface area is 89.0 Å². The van der Waals surface area contributed by atoms with Gasteiger partial charge in [-0.05, 0) is 26.0 Å². The van der Waals surface area contributed by atoms with Crippen LogP contribution in [0.5, 0.6) is 0 Å². The zero-order valence-electron chi connectivity index (χ0n) is 8.81. The molecule has 1 fully saturated rings. The second-order valence-corrected chi connectivity index (χ2v) is 5.11. The van der Waals surface area contributed by atoms with E-state index in [1.54, 1.807) is 18.7 Å². The maximum atomic E-state index is 13.1. The Morgan fingerprint density at radius 1 is 1.71 bits per heavy atom. The van der Waals surface area contributed by atoms with Crippen LogP contribution in [0.1, 0.15) is 26.7 Å². The first kappa shape index (κ1) is 11.8. The summed E-state index contributed by atoms with van der Waals surface area (Å²) >= 11 is 1.68. The van der Waals surface area contributed by atoms with Gasteiger partial charge in [-0.25, -0.2) is 4.39 Å². The SMILES string of the molecule is CCNC(=O)CCSCC1CC1(C)F. The summed E-state index contributed by atoms with van der Waals surface area (Å²) in [5.41, 5.74) is -0.918. The van der Waals surface area contributed by atoms with E-state index in [1.165, 1.54) is 0 Å². The van der Waals surface area contributed by atoms with Crippen molar-refractivity contribution in [1.29, 1.82) is 0 Å². The van der Waals surface area contributed by atoms with E-state index in [0.717, 1.165) is 11.5 Å². The molecule has 1 N–H and O–H groups in total. The number of amides is 1. The number of halogens is 1. The number of thioether (sulfide) groups is 1. The van der Waals surface area contributed by atoms with Gasteiger partial charge in [-0.3, -0.25) is 4.79 Å². The monoisotopic (exact) mass is 219 g/mol. The lowest BCUT2D eigenvalue weighted by Gasteiger charge is -2.02. The molecule has 4 heteroatoms. The maximum Gasteiger partial charge on any atom is 0.220 e. The Morgan fingerprint density at radius 3 is 2.86 bits per heavy atom. The number of nitrogens with one attached hydrogen (secondary N) is 1. The average molecular weight is 219 g/mol. The van der Waals surface area contributed by atoms with Crippen LogP contribution in [0.3, 0.4) is 0 Å². The summed E-state index contributed by atoms with van der Waals surface area (Å²) < 4.78 is 13.1. The lowest BCUT2D eigenvalue weighted by Crippen LogP contribution is -2.22. The van der Waals surface area contributed by atoms with Gasteiger partial charge in [0.15, 0.2) is 0 Å². The molecule has 1 amide bonds. The highest BCUT2D eigenvalue weighted by Gasteiger charge is 2.50. The molecule has 0 aromatic carbocycles. The topological polar surface area (TPSA) is 29.1 Å². The van der Waals surface area contributed by atoms with Gasteiger partial charge < -0.3 is 5.32 Å². The lowest BCUT2D eigenvalue weighted by molar-refractivity contribution is -0.120. The normalized spacial score (nSPS) is 30.1. The number of hydrogen-bond acceptors (Lipinski definition) is 2. The highest BCUT2D eigenvalue weighted by molar-refractivity contribution is 7.99. The minimum absolute atomic E-state index is 0.0961. The summed E-state index contributed by atoms with van der Waals surface area (Å²) in [7, 11) is 0. The largest absolute Gasteiger partial charge is 0.356 e. The number of hydrogen-bond donors (Lipinski definition) is 1. The van der Waals surface area contributed by atoms with Crippen LogP contribution < -0.4 is 5.32 Å². The van der Waals surface area contributed by atoms with Crippen molar-refractivity contribution in [2.75, 3.05) is 18.1 Å². The van der Waals surface area contributed by atoms with Crippen LogP contribution >= 0.6 is 11.8 Å². The van der Waals surface area contributed by atoms with Gasteiger partial charge >= 0.3 is 0 Å². The Bertz CT molecular complexity index is 208. The Hall–Kier alpha value is -0.250. The third-order valence-corrected chi connectivity index (χ3v) is 3.63. The summed E-state index contributed by atoms with van der Waals surface area (Å²) in [5.74, 6) is 1.98. The van der Waals surface area contributed by atoms with E-state index < -0.39 is 5.67 Å². The van der Waals surface area contributed by atoms with E-state index in [0.29, 0.717) is 19.4 Å². The van der Waals surface area contributed by atoms with Crippen molar-refractivity contribution in [3.8, 4) is 0 Å². The zero-order valence-corrected chi connectivity index (χ0v) is 9.62. The minimum Gasteiger partial charge on any atom is -0.356 e. The predicted molar refractivity (Wildman–Crippen MR) is 58.2 cm³/mol. The van der Waals surface area contributed by atoms with Crippen molar-refractivity contribution >= 4 is 17.7 Å². The minimum atomic E-state index is -0.918. The molecule has 1 aliphatic rings. The number of alkyl halides is 1. The van der Waals surface area contributed by atoms with E-state index in [2.05, 4.69) is 5.32 Å². The summed E-state index contributed by atoms with van der Waals surface area (Å²) in [4.78, 5) is 11.0. The van der Waals surface area contributed by atoms with Gasteiger partial charge in [-0.15, -0.1) is 0 Å². The Kier molecular flexibility index (Phi) is 4.23. The van der Waals surface area contributed by atoms with Crippen molar-refractivity contribution in [1.82, 2.24) is 5.32 Å². The molecule has 2 unspecified atom stereocenters. The maximum absolute atomic E-state index is 13.1.